The van der Waals surface area contributed by atoms with Crippen LogP contribution in [0.25, 0.3) is 10.8 Å². The largest absolute Gasteiger partial charge is 0.242 e. The van der Waals surface area contributed by atoms with Crippen molar-refractivity contribution < 1.29 is 8.42 Å². The topological polar surface area (TPSA) is 37.4 Å². The van der Waals surface area contributed by atoms with Gasteiger partial charge in [0.05, 0.1) is 4.90 Å². The summed E-state index contributed by atoms with van der Waals surface area (Å²) in [4.78, 5) is 0.312. The van der Waals surface area contributed by atoms with E-state index < -0.39 is 10.0 Å². The number of fused-ring (bicyclic) bond motifs is 1. The number of sulfonamides is 1. The fraction of sp³-hybridized carbons (Fsp3) is 0.120. The van der Waals surface area contributed by atoms with Crippen molar-refractivity contribution in [3.8, 4) is 0 Å². The van der Waals surface area contributed by atoms with Crippen LogP contribution in [-0.4, -0.2) is 26.3 Å². The molecule has 0 saturated heterocycles. The van der Waals surface area contributed by atoms with Gasteiger partial charge in [-0.15, -0.1) is 0 Å². The zero-order valence-electron chi connectivity index (χ0n) is 16.3. The molecular formula is C25H23NO2S. The molecule has 0 aromatic heterocycles. The summed E-state index contributed by atoms with van der Waals surface area (Å²) in [7, 11) is -1.91. The number of nitrogens with zero attached hydrogens (tertiary/aromatic N) is 1. The Morgan fingerprint density at radius 1 is 0.724 bits per heavy atom. The van der Waals surface area contributed by atoms with Crippen LogP contribution in [0.2, 0.25) is 0 Å². The van der Waals surface area contributed by atoms with Gasteiger partial charge in [-0.1, -0.05) is 91.0 Å². The van der Waals surface area contributed by atoms with Crippen molar-refractivity contribution in [3.05, 3.63) is 114 Å². The van der Waals surface area contributed by atoms with E-state index in [-0.39, 0.29) is 5.92 Å². The molecule has 0 bridgehead atoms. The molecule has 0 spiro atoms. The molecule has 0 aliphatic heterocycles. The van der Waals surface area contributed by atoms with Crippen molar-refractivity contribution in [2.45, 2.75) is 10.8 Å². The fourth-order valence-electron chi connectivity index (χ4n) is 3.75. The van der Waals surface area contributed by atoms with Crippen LogP contribution in [0.5, 0.6) is 0 Å². The normalized spacial score (nSPS) is 12.9. The van der Waals surface area contributed by atoms with Gasteiger partial charge < -0.3 is 0 Å². The Labute approximate surface area is 172 Å². The molecule has 0 saturated carbocycles. The molecule has 4 heteroatoms. The van der Waals surface area contributed by atoms with Crippen LogP contribution in [-0.2, 0) is 10.0 Å². The van der Waals surface area contributed by atoms with Gasteiger partial charge in [-0.05, 0) is 34.0 Å². The molecule has 0 N–H and O–H groups in total. The Kier molecular flexibility index (Phi) is 5.47. The molecule has 1 atom stereocenters. The van der Waals surface area contributed by atoms with E-state index in [4.69, 9.17) is 0 Å². The van der Waals surface area contributed by atoms with E-state index in [1.807, 2.05) is 42.5 Å². The van der Waals surface area contributed by atoms with Gasteiger partial charge in [0.25, 0.3) is 0 Å². The van der Waals surface area contributed by atoms with Crippen molar-refractivity contribution in [2.75, 3.05) is 13.6 Å². The van der Waals surface area contributed by atoms with Gasteiger partial charge in [-0.25, -0.2) is 8.42 Å². The molecule has 0 fully saturated rings. The predicted octanol–water partition coefficient (Wildman–Crippen LogP) is 5.29. The van der Waals surface area contributed by atoms with E-state index in [9.17, 15) is 8.42 Å². The molecule has 3 nitrogen and oxygen atoms in total. The first-order valence-corrected chi connectivity index (χ1v) is 11.1. The summed E-state index contributed by atoms with van der Waals surface area (Å²) in [6.07, 6.45) is 0. The molecule has 4 aromatic carbocycles. The fourth-order valence-corrected chi connectivity index (χ4v) is 4.96. The van der Waals surface area contributed by atoms with Crippen molar-refractivity contribution in [3.63, 3.8) is 0 Å². The molecule has 0 amide bonds. The van der Waals surface area contributed by atoms with Crippen LogP contribution in [0.15, 0.2) is 108 Å². The van der Waals surface area contributed by atoms with Crippen LogP contribution in [0.1, 0.15) is 17.0 Å². The third kappa shape index (κ3) is 3.95. The second-order valence-electron chi connectivity index (χ2n) is 7.13. The minimum atomic E-state index is -3.57. The Hall–Kier alpha value is -2.95. The molecular weight excluding hydrogens is 378 g/mol. The predicted molar refractivity (Wildman–Crippen MR) is 118 cm³/mol. The lowest BCUT2D eigenvalue weighted by Crippen LogP contribution is -2.31. The first kappa shape index (κ1) is 19.4. The highest BCUT2D eigenvalue weighted by molar-refractivity contribution is 7.89. The molecule has 0 aliphatic rings. The smallest absolute Gasteiger partial charge is 0.207 e. The maximum Gasteiger partial charge on any atom is 0.242 e. The van der Waals surface area contributed by atoms with Gasteiger partial charge in [-0.2, -0.15) is 4.31 Å². The average Bonchev–Trinajstić information content (AvgIpc) is 2.78. The number of hydrogen-bond acceptors (Lipinski definition) is 2. The van der Waals surface area contributed by atoms with Gasteiger partial charge in [0, 0.05) is 19.5 Å². The Balaban J connectivity index is 1.78. The maximum absolute atomic E-state index is 13.1. The molecule has 0 radical (unpaired) electrons. The number of hydrogen-bond donors (Lipinski definition) is 0. The Morgan fingerprint density at radius 3 is 2.03 bits per heavy atom. The summed E-state index contributed by atoms with van der Waals surface area (Å²) < 4.78 is 27.7. The monoisotopic (exact) mass is 401 g/mol. The summed E-state index contributed by atoms with van der Waals surface area (Å²) in [5.74, 6) is -0.0780. The first-order valence-electron chi connectivity index (χ1n) is 9.61. The quantitative estimate of drug-likeness (QED) is 0.440. The van der Waals surface area contributed by atoms with E-state index in [0.717, 1.165) is 21.9 Å². The van der Waals surface area contributed by atoms with E-state index in [1.165, 1.54) is 4.31 Å². The minimum Gasteiger partial charge on any atom is -0.207 e. The second-order valence-corrected chi connectivity index (χ2v) is 9.18. The highest BCUT2D eigenvalue weighted by atomic mass is 32.2. The van der Waals surface area contributed by atoms with Gasteiger partial charge in [0.2, 0.25) is 10.0 Å². The van der Waals surface area contributed by atoms with Gasteiger partial charge in [0.15, 0.2) is 0 Å². The molecule has 146 valence electrons. The minimum absolute atomic E-state index is 0.0780. The molecule has 29 heavy (non-hydrogen) atoms. The lowest BCUT2D eigenvalue weighted by Gasteiger charge is -2.26. The van der Waals surface area contributed by atoms with E-state index in [1.54, 1.807) is 31.3 Å². The Bertz CT molecular complexity index is 1200. The van der Waals surface area contributed by atoms with Gasteiger partial charge >= 0.3 is 0 Å². The van der Waals surface area contributed by atoms with Crippen molar-refractivity contribution >= 4 is 20.8 Å². The SMILES string of the molecule is CN(C[C@@H](c1ccccc1)c1cccc2ccccc12)S(=O)(=O)c1ccccc1. The highest BCUT2D eigenvalue weighted by Crippen LogP contribution is 2.32. The summed E-state index contributed by atoms with van der Waals surface area (Å²) in [6.45, 7) is 0.356. The second kappa shape index (κ2) is 8.19. The average molecular weight is 402 g/mol. The molecule has 4 rings (SSSR count). The number of rotatable bonds is 6. The lowest BCUT2D eigenvalue weighted by molar-refractivity contribution is 0.455. The van der Waals surface area contributed by atoms with Crippen LogP contribution in [0, 0.1) is 0 Å². The van der Waals surface area contributed by atoms with Crippen molar-refractivity contribution in [1.29, 1.82) is 0 Å². The maximum atomic E-state index is 13.1. The number of benzene rings is 4. The van der Waals surface area contributed by atoms with E-state index in [2.05, 4.69) is 36.4 Å². The van der Waals surface area contributed by atoms with Crippen LogP contribution >= 0.6 is 0 Å². The molecule has 4 aromatic rings. The van der Waals surface area contributed by atoms with Crippen molar-refractivity contribution in [1.82, 2.24) is 4.31 Å². The third-order valence-electron chi connectivity index (χ3n) is 5.29. The number of likely N-dealkylation sites (N-methyl/N-ethyl adjacent to an activating group) is 1. The third-order valence-corrected chi connectivity index (χ3v) is 7.13. The highest BCUT2D eigenvalue weighted by Gasteiger charge is 2.26. The van der Waals surface area contributed by atoms with Gasteiger partial charge in [0.1, 0.15) is 0 Å². The van der Waals surface area contributed by atoms with E-state index in [0.29, 0.717) is 11.4 Å². The summed E-state index contributed by atoms with van der Waals surface area (Å²) in [6, 6.07) is 33.2. The summed E-state index contributed by atoms with van der Waals surface area (Å²) in [5, 5.41) is 2.30. The summed E-state index contributed by atoms with van der Waals surface area (Å²) >= 11 is 0. The van der Waals surface area contributed by atoms with Gasteiger partial charge in [-0.3, -0.25) is 0 Å². The van der Waals surface area contributed by atoms with Crippen LogP contribution in [0.3, 0.4) is 0 Å². The lowest BCUT2D eigenvalue weighted by atomic mass is 9.88. The summed E-state index contributed by atoms with van der Waals surface area (Å²) in [5.41, 5.74) is 2.23. The van der Waals surface area contributed by atoms with Crippen LogP contribution in [0.4, 0.5) is 0 Å². The first-order chi connectivity index (χ1) is 14.1. The zero-order chi connectivity index (χ0) is 20.3. The molecule has 0 unspecified atom stereocenters. The molecule has 0 aliphatic carbocycles. The van der Waals surface area contributed by atoms with Crippen LogP contribution < -0.4 is 0 Å². The molecule has 0 heterocycles. The zero-order valence-corrected chi connectivity index (χ0v) is 17.1. The standard InChI is InChI=1S/C25H23NO2S/c1-26(29(27,28)22-15-6-3-7-16-22)19-25(21-11-4-2-5-12-21)24-18-10-14-20-13-8-9-17-23(20)24/h2-18,25H,19H2,1H3/t25-/m0/s1. The Morgan fingerprint density at radius 2 is 1.31 bits per heavy atom. The van der Waals surface area contributed by atoms with Crippen molar-refractivity contribution in [2.24, 2.45) is 0 Å². The van der Waals surface area contributed by atoms with E-state index >= 15 is 0 Å².